The van der Waals surface area contributed by atoms with Crippen LogP contribution in [-0.2, 0) is 9.53 Å². The Hall–Kier alpha value is -3.03. The van der Waals surface area contributed by atoms with Crippen LogP contribution in [0.1, 0.15) is 23.5 Å². The highest BCUT2D eigenvalue weighted by molar-refractivity contribution is 5.84. The number of carboxylic acids is 1. The Morgan fingerprint density at radius 2 is 1.60 bits per heavy atom. The van der Waals surface area contributed by atoms with E-state index in [1.165, 1.54) is 0 Å². The Morgan fingerprint density at radius 1 is 1.03 bits per heavy atom. The molecule has 1 N–H and O–H groups in total. The molecule has 3 aliphatic rings. The fourth-order valence-corrected chi connectivity index (χ4v) is 5.22. The zero-order valence-electron chi connectivity index (χ0n) is 15.8. The predicted octanol–water partition coefficient (Wildman–Crippen LogP) is 4.27. The lowest BCUT2D eigenvalue weighted by atomic mass is 9.96. The van der Waals surface area contributed by atoms with Crippen molar-refractivity contribution in [3.63, 3.8) is 0 Å². The van der Waals surface area contributed by atoms with Crippen LogP contribution < -0.4 is 0 Å². The van der Waals surface area contributed by atoms with Crippen LogP contribution in [0.15, 0.2) is 48.5 Å². The maximum absolute atomic E-state index is 13.5. The molecule has 0 radical (unpaired) electrons. The van der Waals surface area contributed by atoms with Gasteiger partial charge in [-0.3, -0.25) is 4.79 Å². The predicted molar refractivity (Wildman–Crippen MR) is 99.8 cm³/mol. The zero-order valence-corrected chi connectivity index (χ0v) is 15.8. The van der Waals surface area contributed by atoms with Crippen molar-refractivity contribution in [2.45, 2.75) is 18.5 Å². The number of carboxylic acid groups (broad SMARTS) is 1. The first-order valence-electron chi connectivity index (χ1n) is 9.60. The van der Waals surface area contributed by atoms with Crippen molar-refractivity contribution in [1.82, 2.24) is 4.90 Å². The Labute approximate surface area is 170 Å². The van der Waals surface area contributed by atoms with Crippen molar-refractivity contribution >= 4 is 12.1 Å². The number of hydrogen-bond donors (Lipinski definition) is 1. The molecule has 2 fully saturated rings. The summed E-state index contributed by atoms with van der Waals surface area (Å²) < 4.78 is 46.0. The van der Waals surface area contributed by atoms with Crippen LogP contribution in [0, 0.1) is 10.8 Å². The molecule has 0 bridgehead atoms. The molecule has 2 aromatic rings. The molecule has 8 heteroatoms. The molecular weight excluding hydrogens is 399 g/mol. The maximum Gasteiger partial charge on any atom is 0.409 e. The number of aliphatic carboxylic acids is 1. The number of carbonyl (C=O) groups excluding carboxylic acids is 1. The number of nitrogens with zero attached hydrogens (tertiary/aromatic N) is 1. The molecule has 5 rings (SSSR count). The molecule has 1 aliphatic heterocycles. The number of ether oxygens (including phenoxy) is 1. The lowest BCUT2D eigenvalue weighted by Crippen LogP contribution is -2.37. The molecule has 0 aromatic heterocycles. The molecule has 2 aliphatic carbocycles. The van der Waals surface area contributed by atoms with E-state index in [1.54, 1.807) is 0 Å². The van der Waals surface area contributed by atoms with Crippen molar-refractivity contribution in [2.24, 2.45) is 10.8 Å². The molecule has 0 unspecified atom stereocenters. The fraction of sp³-hybridized carbons (Fsp3) is 0.364. The highest BCUT2D eigenvalue weighted by atomic mass is 19.4. The molecule has 2 atom stereocenters. The van der Waals surface area contributed by atoms with E-state index in [2.05, 4.69) is 0 Å². The standard InChI is InChI=1S/C22H18F3NO4/c23-22(24,25)21-10-20(21,18(27)28)11-26(12-21)19(29)30-9-17-15-7-3-1-5-13(15)14-6-2-4-8-16(14)17/h1-8,17H,9-12H2,(H,27,28)/t20-,21-/m1/s1. The van der Waals surface area contributed by atoms with Crippen LogP contribution in [-0.4, -0.2) is 47.9 Å². The summed E-state index contributed by atoms with van der Waals surface area (Å²) in [7, 11) is 0. The number of fused-ring (bicyclic) bond motifs is 4. The molecule has 30 heavy (non-hydrogen) atoms. The number of piperidine rings is 1. The Morgan fingerprint density at radius 3 is 2.10 bits per heavy atom. The number of carbonyl (C=O) groups is 2. The third kappa shape index (κ3) is 2.36. The number of amides is 1. The number of hydrogen-bond acceptors (Lipinski definition) is 3. The summed E-state index contributed by atoms with van der Waals surface area (Å²) in [4.78, 5) is 25.0. The summed E-state index contributed by atoms with van der Waals surface area (Å²) in [6.45, 7) is -1.19. The van der Waals surface area contributed by atoms with Crippen LogP contribution in [0.25, 0.3) is 11.1 Å². The number of benzene rings is 2. The topological polar surface area (TPSA) is 66.8 Å². The second-order valence-corrected chi connectivity index (χ2v) is 8.30. The van der Waals surface area contributed by atoms with E-state index in [0.29, 0.717) is 0 Å². The Kier molecular flexibility index (Phi) is 3.79. The summed E-state index contributed by atoms with van der Waals surface area (Å²) >= 11 is 0. The number of rotatable bonds is 3. The summed E-state index contributed by atoms with van der Waals surface area (Å²) in [5, 5.41) is 9.38. The van der Waals surface area contributed by atoms with Gasteiger partial charge in [0.25, 0.3) is 0 Å². The van der Waals surface area contributed by atoms with Gasteiger partial charge in [0.1, 0.15) is 17.4 Å². The van der Waals surface area contributed by atoms with Crippen molar-refractivity contribution in [1.29, 1.82) is 0 Å². The molecular formula is C22H18F3NO4. The quantitative estimate of drug-likeness (QED) is 0.810. The van der Waals surface area contributed by atoms with Crippen LogP contribution in [0.5, 0.6) is 0 Å². The van der Waals surface area contributed by atoms with E-state index in [-0.39, 0.29) is 12.5 Å². The van der Waals surface area contributed by atoms with Gasteiger partial charge in [0.2, 0.25) is 0 Å². The summed E-state index contributed by atoms with van der Waals surface area (Å²) in [5.74, 6) is -1.74. The largest absolute Gasteiger partial charge is 0.481 e. The van der Waals surface area contributed by atoms with Gasteiger partial charge in [0.05, 0.1) is 0 Å². The van der Waals surface area contributed by atoms with Gasteiger partial charge >= 0.3 is 18.2 Å². The monoisotopic (exact) mass is 417 g/mol. The summed E-state index contributed by atoms with van der Waals surface area (Å²) in [5.41, 5.74) is -0.280. The minimum absolute atomic E-state index is 0.0253. The maximum atomic E-state index is 13.5. The van der Waals surface area contributed by atoms with Gasteiger partial charge in [0, 0.05) is 19.0 Å². The van der Waals surface area contributed by atoms with Gasteiger partial charge in [-0.25, -0.2) is 4.79 Å². The second kappa shape index (κ2) is 6.00. The molecule has 2 aromatic carbocycles. The smallest absolute Gasteiger partial charge is 0.409 e. The first kappa shape index (κ1) is 19.0. The SMILES string of the molecule is O=C(OCC1c2ccccc2-c2ccccc21)N1C[C@@]2(C(=O)O)C[C@@]2(C(F)(F)F)C1. The minimum Gasteiger partial charge on any atom is -0.481 e. The van der Waals surface area contributed by atoms with Gasteiger partial charge in [-0.15, -0.1) is 0 Å². The van der Waals surface area contributed by atoms with E-state index >= 15 is 0 Å². The highest BCUT2D eigenvalue weighted by Crippen LogP contribution is 2.74. The second-order valence-electron chi connectivity index (χ2n) is 8.30. The normalized spacial score (nSPS) is 26.7. The van der Waals surface area contributed by atoms with Crippen molar-refractivity contribution < 1.29 is 32.6 Å². The first-order valence-corrected chi connectivity index (χ1v) is 9.60. The van der Waals surface area contributed by atoms with Crippen LogP contribution in [0.2, 0.25) is 0 Å². The number of likely N-dealkylation sites (tertiary alicyclic amines) is 1. The van der Waals surface area contributed by atoms with Crippen molar-refractivity contribution in [2.75, 3.05) is 19.7 Å². The van der Waals surface area contributed by atoms with Crippen LogP contribution in [0.4, 0.5) is 18.0 Å². The third-order valence-corrected chi connectivity index (χ3v) is 6.86. The van der Waals surface area contributed by atoms with E-state index < -0.39 is 48.6 Å². The van der Waals surface area contributed by atoms with Crippen LogP contribution >= 0.6 is 0 Å². The highest BCUT2D eigenvalue weighted by Gasteiger charge is 2.87. The molecule has 1 heterocycles. The van der Waals surface area contributed by atoms with Gasteiger partial charge in [-0.05, 0) is 28.7 Å². The van der Waals surface area contributed by atoms with Gasteiger partial charge in [-0.2, -0.15) is 13.2 Å². The number of halogens is 3. The van der Waals surface area contributed by atoms with Crippen LogP contribution in [0.3, 0.4) is 0 Å². The van der Waals surface area contributed by atoms with Gasteiger partial charge in [0.15, 0.2) is 0 Å². The average molecular weight is 417 g/mol. The molecule has 0 spiro atoms. The van der Waals surface area contributed by atoms with Gasteiger partial charge < -0.3 is 14.7 Å². The summed E-state index contributed by atoms with van der Waals surface area (Å²) in [6, 6.07) is 15.5. The fourth-order valence-electron chi connectivity index (χ4n) is 5.22. The molecule has 1 saturated heterocycles. The van der Waals surface area contributed by atoms with Gasteiger partial charge in [-0.1, -0.05) is 48.5 Å². The average Bonchev–Trinajstić information content (AvgIpc) is 3.10. The molecule has 5 nitrogen and oxygen atoms in total. The molecule has 1 saturated carbocycles. The lowest BCUT2D eigenvalue weighted by Gasteiger charge is -2.23. The first-order chi connectivity index (χ1) is 14.2. The van der Waals surface area contributed by atoms with E-state index in [9.17, 15) is 27.9 Å². The molecule has 1 amide bonds. The molecule has 156 valence electrons. The number of alkyl halides is 3. The van der Waals surface area contributed by atoms with E-state index in [1.807, 2.05) is 48.5 Å². The van der Waals surface area contributed by atoms with Crippen molar-refractivity contribution in [3.8, 4) is 11.1 Å². The van der Waals surface area contributed by atoms with E-state index in [0.717, 1.165) is 27.2 Å². The minimum atomic E-state index is -4.69. The van der Waals surface area contributed by atoms with Crippen molar-refractivity contribution in [3.05, 3.63) is 59.7 Å². The lowest BCUT2D eigenvalue weighted by molar-refractivity contribution is -0.196. The van der Waals surface area contributed by atoms with E-state index in [4.69, 9.17) is 4.74 Å². The summed E-state index contributed by atoms with van der Waals surface area (Å²) in [6.07, 6.45) is -6.09. The Balaban J connectivity index is 1.34. The zero-order chi connectivity index (χ0) is 21.3. The third-order valence-electron chi connectivity index (χ3n) is 6.86. The Bertz CT molecular complexity index is 1020.